The molecule has 0 bridgehead atoms. The van der Waals surface area contributed by atoms with Crippen molar-refractivity contribution in [2.24, 2.45) is 0 Å². The van der Waals surface area contributed by atoms with E-state index in [1.54, 1.807) is 6.20 Å². The Labute approximate surface area is 141 Å². The summed E-state index contributed by atoms with van der Waals surface area (Å²) in [7, 11) is 2.18. The first-order valence-corrected chi connectivity index (χ1v) is 8.31. The van der Waals surface area contributed by atoms with E-state index >= 15 is 0 Å². The number of pyridine rings is 1. The summed E-state index contributed by atoms with van der Waals surface area (Å²) < 4.78 is 0. The number of rotatable bonds is 3. The van der Waals surface area contributed by atoms with Gasteiger partial charge in [-0.1, -0.05) is 0 Å². The van der Waals surface area contributed by atoms with Gasteiger partial charge in [-0.05, 0) is 44.3 Å². The van der Waals surface area contributed by atoms with E-state index in [0.717, 1.165) is 54.3 Å². The molecule has 0 radical (unpaired) electrons. The number of hydrogen-bond donors (Lipinski definition) is 2. The number of piperazine rings is 1. The van der Waals surface area contributed by atoms with Gasteiger partial charge in [-0.2, -0.15) is 5.10 Å². The highest BCUT2D eigenvalue weighted by molar-refractivity contribution is 5.92. The van der Waals surface area contributed by atoms with Crippen molar-refractivity contribution < 1.29 is 0 Å². The van der Waals surface area contributed by atoms with Crippen LogP contribution in [0.2, 0.25) is 0 Å². The molecule has 3 heterocycles. The lowest BCUT2D eigenvalue weighted by atomic mass is 10.2. The Bertz CT molecular complexity index is 830. The van der Waals surface area contributed by atoms with Gasteiger partial charge >= 0.3 is 0 Å². The average Bonchev–Trinajstić information content (AvgIpc) is 2.99. The third-order valence-electron chi connectivity index (χ3n) is 4.66. The SMILES string of the molecule is Cc1n[nH]c2ccnc(Nc3ccc(N4CCN(C)CC4)cc3)c12. The number of aryl methyl sites for hydroxylation is 1. The van der Waals surface area contributed by atoms with Crippen molar-refractivity contribution in [2.75, 3.05) is 43.4 Å². The van der Waals surface area contributed by atoms with Crippen LogP contribution < -0.4 is 10.2 Å². The first-order chi connectivity index (χ1) is 11.7. The van der Waals surface area contributed by atoms with Gasteiger partial charge in [0.1, 0.15) is 5.82 Å². The van der Waals surface area contributed by atoms with Crippen LogP contribution in [0.25, 0.3) is 10.9 Å². The topological polar surface area (TPSA) is 60.1 Å². The van der Waals surface area contributed by atoms with Crippen LogP contribution in [0.15, 0.2) is 36.5 Å². The Morgan fingerprint density at radius 3 is 2.54 bits per heavy atom. The highest BCUT2D eigenvalue weighted by atomic mass is 15.2. The molecule has 1 aliphatic rings. The number of likely N-dealkylation sites (N-methyl/N-ethyl adjacent to an activating group) is 1. The second kappa shape index (κ2) is 6.13. The number of nitrogens with zero attached hydrogens (tertiary/aromatic N) is 4. The summed E-state index contributed by atoms with van der Waals surface area (Å²) in [6, 6.07) is 10.5. The minimum absolute atomic E-state index is 0.839. The van der Waals surface area contributed by atoms with Crippen LogP contribution in [0.4, 0.5) is 17.2 Å². The van der Waals surface area contributed by atoms with E-state index in [2.05, 4.69) is 61.6 Å². The van der Waals surface area contributed by atoms with Gasteiger partial charge in [-0.15, -0.1) is 0 Å². The maximum absolute atomic E-state index is 4.47. The molecule has 6 nitrogen and oxygen atoms in total. The quantitative estimate of drug-likeness (QED) is 0.776. The summed E-state index contributed by atoms with van der Waals surface area (Å²) in [6.45, 7) is 6.39. The van der Waals surface area contributed by atoms with Crippen molar-refractivity contribution in [3.8, 4) is 0 Å². The van der Waals surface area contributed by atoms with Crippen LogP contribution in [-0.4, -0.2) is 53.3 Å². The lowest BCUT2D eigenvalue weighted by Crippen LogP contribution is -2.44. The van der Waals surface area contributed by atoms with E-state index in [-0.39, 0.29) is 0 Å². The number of anilines is 3. The van der Waals surface area contributed by atoms with E-state index in [4.69, 9.17) is 0 Å². The van der Waals surface area contributed by atoms with Crippen LogP contribution in [0, 0.1) is 6.92 Å². The Morgan fingerprint density at radius 1 is 1.04 bits per heavy atom. The van der Waals surface area contributed by atoms with Crippen molar-refractivity contribution in [1.29, 1.82) is 0 Å². The molecular weight excluding hydrogens is 300 g/mol. The molecule has 1 fully saturated rings. The summed E-state index contributed by atoms with van der Waals surface area (Å²) in [6.07, 6.45) is 1.79. The normalized spacial score (nSPS) is 15.8. The third-order valence-corrected chi connectivity index (χ3v) is 4.66. The molecule has 124 valence electrons. The van der Waals surface area contributed by atoms with Crippen molar-refractivity contribution >= 4 is 28.1 Å². The monoisotopic (exact) mass is 322 g/mol. The summed E-state index contributed by atoms with van der Waals surface area (Å²) in [4.78, 5) is 9.27. The van der Waals surface area contributed by atoms with E-state index in [1.165, 1.54) is 5.69 Å². The van der Waals surface area contributed by atoms with E-state index in [9.17, 15) is 0 Å². The largest absolute Gasteiger partial charge is 0.369 e. The Hall–Kier alpha value is -2.60. The predicted octanol–water partition coefficient (Wildman–Crippen LogP) is 2.76. The minimum atomic E-state index is 0.839. The molecule has 0 aliphatic carbocycles. The minimum Gasteiger partial charge on any atom is -0.369 e. The highest BCUT2D eigenvalue weighted by Crippen LogP contribution is 2.26. The van der Waals surface area contributed by atoms with Crippen molar-refractivity contribution in [2.45, 2.75) is 6.92 Å². The van der Waals surface area contributed by atoms with Gasteiger partial charge < -0.3 is 15.1 Å². The van der Waals surface area contributed by atoms with E-state index < -0.39 is 0 Å². The maximum Gasteiger partial charge on any atom is 0.141 e. The Kier molecular flexibility index (Phi) is 3.82. The van der Waals surface area contributed by atoms with Crippen LogP contribution in [-0.2, 0) is 0 Å². The Morgan fingerprint density at radius 2 is 1.79 bits per heavy atom. The van der Waals surface area contributed by atoms with Gasteiger partial charge in [0.15, 0.2) is 0 Å². The zero-order chi connectivity index (χ0) is 16.5. The second-order valence-corrected chi connectivity index (χ2v) is 6.35. The number of fused-ring (bicyclic) bond motifs is 1. The first-order valence-electron chi connectivity index (χ1n) is 8.31. The lowest BCUT2D eigenvalue weighted by Gasteiger charge is -2.34. The van der Waals surface area contributed by atoms with Gasteiger partial charge in [0.25, 0.3) is 0 Å². The molecule has 2 aromatic heterocycles. The van der Waals surface area contributed by atoms with Crippen molar-refractivity contribution in [3.63, 3.8) is 0 Å². The number of benzene rings is 1. The molecule has 0 atom stereocenters. The van der Waals surface area contributed by atoms with Crippen molar-refractivity contribution in [3.05, 3.63) is 42.2 Å². The molecule has 24 heavy (non-hydrogen) atoms. The van der Waals surface area contributed by atoms with Gasteiger partial charge in [0.2, 0.25) is 0 Å². The molecule has 2 N–H and O–H groups in total. The van der Waals surface area contributed by atoms with Gasteiger partial charge in [0.05, 0.1) is 16.6 Å². The van der Waals surface area contributed by atoms with E-state index in [1.807, 2.05) is 13.0 Å². The molecule has 1 aromatic carbocycles. The number of hydrogen-bond acceptors (Lipinski definition) is 5. The fraction of sp³-hybridized carbons (Fsp3) is 0.333. The molecule has 4 rings (SSSR count). The fourth-order valence-corrected chi connectivity index (χ4v) is 3.17. The molecule has 0 amide bonds. The van der Waals surface area contributed by atoms with Gasteiger partial charge in [-0.25, -0.2) is 4.98 Å². The molecule has 0 saturated carbocycles. The van der Waals surface area contributed by atoms with Gasteiger partial charge in [-0.3, -0.25) is 5.10 Å². The zero-order valence-electron chi connectivity index (χ0n) is 14.1. The molecule has 0 spiro atoms. The molecule has 0 unspecified atom stereocenters. The molecule has 1 aliphatic heterocycles. The molecule has 3 aromatic rings. The van der Waals surface area contributed by atoms with E-state index in [0.29, 0.717) is 0 Å². The van der Waals surface area contributed by atoms with Gasteiger partial charge in [0, 0.05) is 43.8 Å². The average molecular weight is 322 g/mol. The summed E-state index contributed by atoms with van der Waals surface area (Å²) >= 11 is 0. The van der Waals surface area contributed by atoms with Crippen LogP contribution in [0.5, 0.6) is 0 Å². The van der Waals surface area contributed by atoms with Crippen LogP contribution >= 0.6 is 0 Å². The number of H-pyrrole nitrogens is 1. The maximum atomic E-state index is 4.47. The molecule has 6 heteroatoms. The Balaban J connectivity index is 1.54. The summed E-state index contributed by atoms with van der Waals surface area (Å²) in [5, 5.41) is 11.7. The standard InChI is InChI=1S/C18H22N6/c1-13-17-16(22-21-13)7-8-19-18(17)20-14-3-5-15(6-4-14)24-11-9-23(2)10-12-24/h3-8H,9-12H2,1-2H3,(H,19,20)(H,21,22). The zero-order valence-corrected chi connectivity index (χ0v) is 14.1. The van der Waals surface area contributed by atoms with Crippen LogP contribution in [0.3, 0.4) is 0 Å². The molecule has 1 saturated heterocycles. The summed E-state index contributed by atoms with van der Waals surface area (Å²) in [5.74, 6) is 0.839. The first kappa shape index (κ1) is 15.0. The number of aromatic amines is 1. The number of nitrogens with one attached hydrogen (secondary N) is 2. The van der Waals surface area contributed by atoms with Crippen molar-refractivity contribution in [1.82, 2.24) is 20.1 Å². The number of aromatic nitrogens is 3. The molecular formula is C18H22N6. The highest BCUT2D eigenvalue weighted by Gasteiger charge is 2.14. The third kappa shape index (κ3) is 2.80. The van der Waals surface area contributed by atoms with Crippen LogP contribution in [0.1, 0.15) is 5.69 Å². The fourth-order valence-electron chi connectivity index (χ4n) is 3.17. The summed E-state index contributed by atoms with van der Waals surface area (Å²) in [5.41, 5.74) is 4.27. The predicted molar refractivity (Wildman–Crippen MR) is 98.1 cm³/mol. The lowest BCUT2D eigenvalue weighted by molar-refractivity contribution is 0.313. The second-order valence-electron chi connectivity index (χ2n) is 6.35. The smallest absolute Gasteiger partial charge is 0.141 e.